The molecule has 1 aliphatic carbocycles. The van der Waals surface area contributed by atoms with Crippen molar-refractivity contribution in [3.63, 3.8) is 0 Å². The van der Waals surface area contributed by atoms with Crippen molar-refractivity contribution in [2.75, 3.05) is 0 Å². The van der Waals surface area contributed by atoms with Crippen LogP contribution in [0.1, 0.15) is 54.3 Å². The molecular formula is C29H29N3S. The Bertz CT molecular complexity index is 1390. The molecule has 166 valence electrons. The van der Waals surface area contributed by atoms with E-state index in [1.807, 2.05) is 12.3 Å². The van der Waals surface area contributed by atoms with Crippen molar-refractivity contribution >= 4 is 33.5 Å². The molecule has 4 aromatic rings. The summed E-state index contributed by atoms with van der Waals surface area (Å²) in [6.07, 6.45) is 5.13. The first kappa shape index (κ1) is 21.7. The summed E-state index contributed by atoms with van der Waals surface area (Å²) in [4.78, 5) is 9.91. The molecule has 0 saturated heterocycles. The normalized spacial score (nSPS) is 16.3. The summed E-state index contributed by atoms with van der Waals surface area (Å²) in [6.45, 7) is 9.10. The van der Waals surface area contributed by atoms with Crippen LogP contribution < -0.4 is 0 Å². The number of nitriles is 1. The van der Waals surface area contributed by atoms with E-state index in [-0.39, 0.29) is 5.41 Å². The highest BCUT2D eigenvalue weighted by Gasteiger charge is 2.32. The highest BCUT2D eigenvalue weighted by Crippen LogP contribution is 2.45. The van der Waals surface area contributed by atoms with Crippen molar-refractivity contribution in [2.45, 2.75) is 47.0 Å². The van der Waals surface area contributed by atoms with Gasteiger partial charge in [-0.2, -0.15) is 5.26 Å². The molecule has 3 nitrogen and oxygen atoms in total. The average molecular weight is 452 g/mol. The van der Waals surface area contributed by atoms with Crippen LogP contribution in [0, 0.1) is 29.6 Å². The number of aromatic amines is 1. The van der Waals surface area contributed by atoms with Gasteiger partial charge in [-0.1, -0.05) is 69.3 Å². The summed E-state index contributed by atoms with van der Waals surface area (Å²) in [5.74, 6) is 0.647. The van der Waals surface area contributed by atoms with Crippen LogP contribution in [0.4, 0.5) is 5.00 Å². The van der Waals surface area contributed by atoms with E-state index in [2.05, 4.69) is 81.2 Å². The number of nitrogens with one attached hydrogen (secondary N) is 1. The fraction of sp³-hybridized carbons (Fsp3) is 0.310. The van der Waals surface area contributed by atoms with Crippen molar-refractivity contribution in [3.05, 3.63) is 75.7 Å². The lowest BCUT2D eigenvalue weighted by molar-refractivity contribution is 0.218. The Kier molecular flexibility index (Phi) is 5.46. The molecule has 4 heteroatoms. The minimum Gasteiger partial charge on any atom is -0.354 e. The third-order valence-corrected chi connectivity index (χ3v) is 8.20. The van der Waals surface area contributed by atoms with Crippen molar-refractivity contribution in [3.8, 4) is 17.3 Å². The number of rotatable bonds is 3. The first-order chi connectivity index (χ1) is 15.9. The molecule has 5 rings (SSSR count). The molecular weight excluding hydrogens is 422 g/mol. The summed E-state index contributed by atoms with van der Waals surface area (Å²) in [5, 5.41) is 12.0. The number of para-hydroxylation sites is 1. The Balaban J connectivity index is 1.60. The predicted octanol–water partition coefficient (Wildman–Crippen LogP) is 7.98. The van der Waals surface area contributed by atoms with Crippen molar-refractivity contribution in [2.24, 2.45) is 16.3 Å². The molecule has 1 N–H and O–H groups in total. The molecule has 1 aliphatic rings. The molecule has 0 aliphatic heterocycles. The molecule has 0 amide bonds. The molecule has 0 radical (unpaired) electrons. The van der Waals surface area contributed by atoms with Gasteiger partial charge in [0.2, 0.25) is 0 Å². The summed E-state index contributed by atoms with van der Waals surface area (Å²) in [6, 6.07) is 19.2. The predicted molar refractivity (Wildman–Crippen MR) is 140 cm³/mol. The molecule has 2 aromatic heterocycles. The summed E-state index contributed by atoms with van der Waals surface area (Å²) in [5.41, 5.74) is 7.90. The van der Waals surface area contributed by atoms with Gasteiger partial charge in [0.05, 0.1) is 11.3 Å². The minimum atomic E-state index is 0.282. The molecule has 0 bridgehead atoms. The van der Waals surface area contributed by atoms with E-state index in [4.69, 9.17) is 4.99 Å². The molecule has 33 heavy (non-hydrogen) atoms. The number of nitrogens with zero attached hydrogens (tertiary/aromatic N) is 2. The van der Waals surface area contributed by atoms with Crippen molar-refractivity contribution < 1.29 is 0 Å². The molecule has 2 heterocycles. The minimum absolute atomic E-state index is 0.282. The Morgan fingerprint density at radius 3 is 2.64 bits per heavy atom. The molecule has 0 unspecified atom stereocenters. The van der Waals surface area contributed by atoms with Crippen LogP contribution in [-0.2, 0) is 12.8 Å². The van der Waals surface area contributed by atoms with Gasteiger partial charge in [-0.25, -0.2) is 4.99 Å². The number of thiophene rings is 1. The van der Waals surface area contributed by atoms with Gasteiger partial charge in [-0.05, 0) is 54.2 Å². The van der Waals surface area contributed by atoms with E-state index in [1.54, 1.807) is 11.3 Å². The van der Waals surface area contributed by atoms with Crippen LogP contribution in [0.5, 0.6) is 0 Å². The van der Waals surface area contributed by atoms with Gasteiger partial charge in [-0.3, -0.25) is 0 Å². The van der Waals surface area contributed by atoms with Crippen molar-refractivity contribution in [1.29, 1.82) is 5.26 Å². The van der Waals surface area contributed by atoms with E-state index >= 15 is 0 Å². The van der Waals surface area contributed by atoms with Crippen LogP contribution in [0.3, 0.4) is 0 Å². The maximum Gasteiger partial charge on any atom is 0.134 e. The first-order valence-electron chi connectivity index (χ1n) is 11.6. The molecule has 0 fully saturated rings. The fourth-order valence-electron chi connectivity index (χ4n) is 4.99. The van der Waals surface area contributed by atoms with Gasteiger partial charge in [0.25, 0.3) is 0 Å². The Hall–Kier alpha value is -3.16. The van der Waals surface area contributed by atoms with Gasteiger partial charge in [0.15, 0.2) is 0 Å². The highest BCUT2D eigenvalue weighted by atomic mass is 32.1. The third-order valence-electron chi connectivity index (χ3n) is 7.04. The lowest BCUT2D eigenvalue weighted by Crippen LogP contribution is -2.26. The Labute approximate surface area is 199 Å². The average Bonchev–Trinajstić information content (AvgIpc) is 3.35. The second-order valence-electron chi connectivity index (χ2n) is 10.1. The van der Waals surface area contributed by atoms with Crippen LogP contribution in [0.25, 0.3) is 22.2 Å². The zero-order valence-electron chi connectivity index (χ0n) is 19.7. The monoisotopic (exact) mass is 451 g/mol. The van der Waals surface area contributed by atoms with Crippen LogP contribution >= 0.6 is 11.3 Å². The smallest absolute Gasteiger partial charge is 0.134 e. The SMILES string of the molecule is Cc1cccc2c(C=Nc3sc4c(c3C#N)CC[C@@H](C(C)(C)C)C4)c(-c3ccccc3)[nH]c12. The lowest BCUT2D eigenvalue weighted by Gasteiger charge is -2.33. The number of aromatic nitrogens is 1. The van der Waals surface area contributed by atoms with Crippen LogP contribution in [0.2, 0.25) is 0 Å². The quantitative estimate of drug-likeness (QED) is 0.315. The summed E-state index contributed by atoms with van der Waals surface area (Å²) < 4.78 is 0. The number of H-pyrrole nitrogens is 1. The number of hydrogen-bond donors (Lipinski definition) is 1. The van der Waals surface area contributed by atoms with Gasteiger partial charge in [0.1, 0.15) is 11.1 Å². The van der Waals surface area contributed by atoms with E-state index in [0.29, 0.717) is 5.92 Å². The molecule has 0 saturated carbocycles. The number of aliphatic imine (C=N–C) groups is 1. The zero-order chi connectivity index (χ0) is 23.2. The second-order valence-corrected chi connectivity index (χ2v) is 11.2. The molecule has 0 spiro atoms. The van der Waals surface area contributed by atoms with E-state index in [0.717, 1.165) is 57.6 Å². The maximum absolute atomic E-state index is 9.96. The summed E-state index contributed by atoms with van der Waals surface area (Å²) >= 11 is 1.71. The third kappa shape index (κ3) is 3.92. The van der Waals surface area contributed by atoms with E-state index in [9.17, 15) is 5.26 Å². The fourth-order valence-corrected chi connectivity index (χ4v) is 6.21. The Morgan fingerprint density at radius 1 is 1.12 bits per heavy atom. The summed E-state index contributed by atoms with van der Waals surface area (Å²) in [7, 11) is 0. The largest absolute Gasteiger partial charge is 0.354 e. The van der Waals surface area contributed by atoms with Gasteiger partial charge >= 0.3 is 0 Å². The van der Waals surface area contributed by atoms with Crippen molar-refractivity contribution in [1.82, 2.24) is 4.98 Å². The van der Waals surface area contributed by atoms with Gasteiger partial charge < -0.3 is 4.98 Å². The number of benzene rings is 2. The zero-order valence-corrected chi connectivity index (χ0v) is 20.5. The molecule has 1 atom stereocenters. The first-order valence-corrected chi connectivity index (χ1v) is 12.4. The number of fused-ring (bicyclic) bond motifs is 2. The molecule has 2 aromatic carbocycles. The van der Waals surface area contributed by atoms with Crippen LogP contribution in [-0.4, -0.2) is 11.2 Å². The maximum atomic E-state index is 9.96. The second kappa shape index (κ2) is 8.32. The lowest BCUT2D eigenvalue weighted by atomic mass is 9.72. The van der Waals surface area contributed by atoms with Gasteiger partial charge in [-0.15, -0.1) is 11.3 Å². The number of hydrogen-bond acceptors (Lipinski definition) is 3. The van der Waals surface area contributed by atoms with E-state index in [1.165, 1.54) is 16.0 Å². The van der Waals surface area contributed by atoms with Gasteiger partial charge in [0, 0.05) is 27.6 Å². The van der Waals surface area contributed by atoms with Crippen LogP contribution in [0.15, 0.2) is 53.5 Å². The van der Waals surface area contributed by atoms with E-state index < -0.39 is 0 Å². The topological polar surface area (TPSA) is 51.9 Å². The Morgan fingerprint density at radius 2 is 1.91 bits per heavy atom. The number of aryl methyl sites for hydroxylation is 1. The standard InChI is InChI=1S/C29H29N3S/c1-18-9-8-12-22-24(27(32-26(18)22)19-10-6-5-7-11-19)17-31-28-23(16-30)21-14-13-20(29(2,3)4)15-25(21)33-28/h5-12,17,20,32H,13-15H2,1-4H3/t20-/m1/s1. The highest BCUT2D eigenvalue weighted by molar-refractivity contribution is 7.16.